The minimum atomic E-state index is 0.674. The number of nitrogens with zero attached hydrogens (tertiary/aromatic N) is 2. The molecule has 0 atom stereocenters. The van der Waals surface area contributed by atoms with E-state index in [1.54, 1.807) is 11.3 Å². The molecule has 0 aliphatic heterocycles. The first-order valence-corrected chi connectivity index (χ1v) is 13.6. The molecule has 4 aromatic heterocycles. The van der Waals surface area contributed by atoms with Crippen LogP contribution in [0.25, 0.3) is 86.8 Å². The molecule has 0 saturated carbocycles. The van der Waals surface area contributed by atoms with Crippen molar-refractivity contribution < 1.29 is 8.83 Å². The molecule has 0 N–H and O–H groups in total. The fourth-order valence-electron chi connectivity index (χ4n) is 5.65. The van der Waals surface area contributed by atoms with Crippen molar-refractivity contribution in [3.05, 3.63) is 109 Å². The van der Waals surface area contributed by atoms with Gasteiger partial charge in [0.25, 0.3) is 0 Å². The van der Waals surface area contributed by atoms with Gasteiger partial charge in [0.15, 0.2) is 5.82 Å². The third kappa shape index (κ3) is 3.05. The Bertz CT molecular complexity index is 2410. The molecule has 5 aromatic carbocycles. The van der Waals surface area contributed by atoms with Crippen LogP contribution in [0, 0.1) is 0 Å². The fraction of sp³-hybridized carbons (Fsp3) is 0. The van der Waals surface area contributed by atoms with Crippen molar-refractivity contribution in [1.82, 2.24) is 9.97 Å². The maximum absolute atomic E-state index is 6.23. The van der Waals surface area contributed by atoms with Crippen LogP contribution < -0.4 is 0 Å². The van der Waals surface area contributed by atoms with Crippen molar-refractivity contribution in [2.24, 2.45) is 0 Å². The number of rotatable bonds is 2. The van der Waals surface area contributed by atoms with Crippen molar-refractivity contribution in [3.63, 3.8) is 0 Å². The summed E-state index contributed by atoms with van der Waals surface area (Å²) in [4.78, 5) is 10.3. The molecule has 0 bridgehead atoms. The van der Waals surface area contributed by atoms with E-state index in [4.69, 9.17) is 18.8 Å². The van der Waals surface area contributed by atoms with E-state index in [0.717, 1.165) is 76.3 Å². The molecule has 5 heteroatoms. The number of hydrogen-bond donors (Lipinski definition) is 0. The summed E-state index contributed by atoms with van der Waals surface area (Å²) in [5, 5.41) is 5.56. The normalized spacial score (nSPS) is 12.1. The Hall–Kier alpha value is -5.00. The summed E-state index contributed by atoms with van der Waals surface area (Å²) in [5.41, 5.74) is 7.25. The lowest BCUT2D eigenvalue weighted by Gasteiger charge is -2.07. The Labute approximate surface area is 225 Å². The first-order chi connectivity index (χ1) is 19.3. The molecule has 4 nitrogen and oxygen atoms in total. The quantitative estimate of drug-likeness (QED) is 0.228. The predicted octanol–water partition coefficient (Wildman–Crippen LogP) is 9.98. The first-order valence-electron chi connectivity index (χ1n) is 12.8. The standard InChI is InChI=1S/C34H18N2O2S/c1-4-10-26-21(7-1)23-15-13-19(17-28(23)37-26)31-33-32(25-9-3-6-12-30(25)39-33)36-34(35-31)20-14-16-24-22-8-2-5-11-27(22)38-29(24)18-20/h1-18H. The zero-order valence-electron chi connectivity index (χ0n) is 20.5. The maximum atomic E-state index is 6.23. The summed E-state index contributed by atoms with van der Waals surface area (Å²) < 4.78 is 14.7. The Kier molecular flexibility index (Phi) is 4.18. The van der Waals surface area contributed by atoms with Gasteiger partial charge in [-0.25, -0.2) is 9.97 Å². The van der Waals surface area contributed by atoms with Crippen LogP contribution in [0.1, 0.15) is 0 Å². The zero-order chi connectivity index (χ0) is 25.5. The second-order valence-corrected chi connectivity index (χ2v) is 10.8. The SMILES string of the molecule is c1ccc2c(c1)oc1cc(-c3nc(-c4ccc5c(c4)oc4ccccc45)c4sc5ccccc5c4n3)ccc12. The molecule has 0 aliphatic rings. The number of thiophene rings is 1. The molecular weight excluding hydrogens is 500 g/mol. The van der Waals surface area contributed by atoms with Crippen LogP contribution in [0.15, 0.2) is 118 Å². The van der Waals surface area contributed by atoms with Gasteiger partial charge in [-0.1, -0.05) is 66.7 Å². The Balaban J connectivity index is 1.32. The number of hydrogen-bond acceptors (Lipinski definition) is 5. The van der Waals surface area contributed by atoms with Gasteiger partial charge in [0.2, 0.25) is 0 Å². The highest BCUT2D eigenvalue weighted by atomic mass is 32.1. The molecule has 9 rings (SSSR count). The van der Waals surface area contributed by atoms with E-state index in [1.807, 2.05) is 36.4 Å². The van der Waals surface area contributed by atoms with Crippen LogP contribution in [0.5, 0.6) is 0 Å². The van der Waals surface area contributed by atoms with Crippen LogP contribution in [0.4, 0.5) is 0 Å². The van der Waals surface area contributed by atoms with Gasteiger partial charge in [0.05, 0.1) is 15.9 Å². The molecule has 4 heterocycles. The zero-order valence-corrected chi connectivity index (χ0v) is 21.3. The van der Waals surface area contributed by atoms with Gasteiger partial charge < -0.3 is 8.83 Å². The highest BCUT2D eigenvalue weighted by molar-refractivity contribution is 7.26. The monoisotopic (exact) mass is 518 g/mol. The first kappa shape index (κ1) is 21.0. The number of aromatic nitrogens is 2. The van der Waals surface area contributed by atoms with Crippen molar-refractivity contribution in [3.8, 4) is 22.6 Å². The smallest absolute Gasteiger partial charge is 0.160 e. The Morgan fingerprint density at radius 2 is 1.05 bits per heavy atom. The molecule has 0 radical (unpaired) electrons. The van der Waals surface area contributed by atoms with Gasteiger partial charge in [-0.05, 0) is 42.5 Å². The third-order valence-electron chi connectivity index (χ3n) is 7.51. The third-order valence-corrected chi connectivity index (χ3v) is 8.68. The van der Waals surface area contributed by atoms with Crippen LogP contribution in [-0.4, -0.2) is 9.97 Å². The van der Waals surface area contributed by atoms with Crippen molar-refractivity contribution >= 4 is 75.5 Å². The van der Waals surface area contributed by atoms with Gasteiger partial charge >= 0.3 is 0 Å². The highest BCUT2D eigenvalue weighted by Crippen LogP contribution is 2.41. The molecule has 0 aliphatic carbocycles. The van der Waals surface area contributed by atoms with Gasteiger partial charge in [-0.2, -0.15) is 0 Å². The number of furan rings is 2. The van der Waals surface area contributed by atoms with Crippen molar-refractivity contribution in [1.29, 1.82) is 0 Å². The largest absolute Gasteiger partial charge is 0.456 e. The van der Waals surface area contributed by atoms with E-state index in [-0.39, 0.29) is 0 Å². The van der Waals surface area contributed by atoms with Gasteiger partial charge in [0.1, 0.15) is 22.3 Å². The lowest BCUT2D eigenvalue weighted by atomic mass is 10.1. The van der Waals surface area contributed by atoms with Crippen molar-refractivity contribution in [2.75, 3.05) is 0 Å². The molecule has 0 fully saturated rings. The minimum absolute atomic E-state index is 0.674. The number of para-hydroxylation sites is 2. The van der Waals surface area contributed by atoms with E-state index >= 15 is 0 Å². The maximum Gasteiger partial charge on any atom is 0.160 e. The summed E-state index contributed by atoms with van der Waals surface area (Å²) in [6.45, 7) is 0. The summed E-state index contributed by atoms with van der Waals surface area (Å²) in [6.07, 6.45) is 0. The van der Waals surface area contributed by atoms with Crippen LogP contribution in [0.3, 0.4) is 0 Å². The second kappa shape index (κ2) is 7.76. The summed E-state index contributed by atoms with van der Waals surface area (Å²) in [7, 11) is 0. The van der Waals surface area contributed by atoms with Gasteiger partial charge in [-0.15, -0.1) is 11.3 Å². The van der Waals surface area contributed by atoms with Gasteiger partial charge in [-0.3, -0.25) is 0 Å². The predicted molar refractivity (Wildman–Crippen MR) is 160 cm³/mol. The van der Waals surface area contributed by atoms with E-state index in [1.165, 1.54) is 4.70 Å². The van der Waals surface area contributed by atoms with Crippen molar-refractivity contribution in [2.45, 2.75) is 0 Å². The average molecular weight is 519 g/mol. The number of fused-ring (bicyclic) bond motifs is 9. The number of benzene rings is 5. The van der Waals surface area contributed by atoms with E-state index in [0.29, 0.717) is 5.82 Å². The van der Waals surface area contributed by atoms with Crippen LogP contribution in [-0.2, 0) is 0 Å². The lowest BCUT2D eigenvalue weighted by molar-refractivity contribution is 0.668. The Morgan fingerprint density at radius 3 is 1.77 bits per heavy atom. The van der Waals surface area contributed by atoms with Crippen LogP contribution in [0.2, 0.25) is 0 Å². The average Bonchev–Trinajstić information content (AvgIpc) is 3.66. The van der Waals surface area contributed by atoms with Crippen LogP contribution >= 0.6 is 11.3 Å². The molecule has 0 amide bonds. The molecule has 39 heavy (non-hydrogen) atoms. The summed E-state index contributed by atoms with van der Waals surface area (Å²) in [6, 6.07) is 37.3. The van der Waals surface area contributed by atoms with E-state index in [2.05, 4.69) is 72.8 Å². The highest BCUT2D eigenvalue weighted by Gasteiger charge is 2.18. The summed E-state index contributed by atoms with van der Waals surface area (Å²) in [5.74, 6) is 0.674. The molecule has 0 unspecified atom stereocenters. The molecule has 9 aromatic rings. The molecular formula is C34H18N2O2S. The summed E-state index contributed by atoms with van der Waals surface area (Å²) >= 11 is 1.73. The fourth-order valence-corrected chi connectivity index (χ4v) is 6.81. The molecule has 0 spiro atoms. The lowest BCUT2D eigenvalue weighted by Crippen LogP contribution is -1.93. The second-order valence-electron chi connectivity index (χ2n) is 9.79. The Morgan fingerprint density at radius 1 is 0.487 bits per heavy atom. The van der Waals surface area contributed by atoms with E-state index < -0.39 is 0 Å². The van der Waals surface area contributed by atoms with E-state index in [9.17, 15) is 0 Å². The minimum Gasteiger partial charge on any atom is -0.456 e. The molecule has 182 valence electrons. The molecule has 0 saturated heterocycles. The topological polar surface area (TPSA) is 52.1 Å². The van der Waals surface area contributed by atoms with Gasteiger partial charge in [0, 0.05) is 42.8 Å².